The number of nitrogens with one attached hydrogen (secondary N) is 1. The van der Waals surface area contributed by atoms with Gasteiger partial charge in [-0.1, -0.05) is 13.8 Å². The second-order valence-electron chi connectivity index (χ2n) is 4.92. The Morgan fingerprint density at radius 2 is 2.13 bits per heavy atom. The summed E-state index contributed by atoms with van der Waals surface area (Å²) in [5.74, 6) is 0.134. The van der Waals surface area contributed by atoms with Crippen molar-refractivity contribution in [2.24, 2.45) is 17.1 Å². The van der Waals surface area contributed by atoms with E-state index in [1.807, 2.05) is 13.8 Å². The lowest BCUT2D eigenvalue weighted by Crippen LogP contribution is -2.46. The van der Waals surface area contributed by atoms with E-state index in [1.165, 1.54) is 0 Å². The second-order valence-corrected chi connectivity index (χ2v) is 4.92. The van der Waals surface area contributed by atoms with E-state index >= 15 is 0 Å². The van der Waals surface area contributed by atoms with Gasteiger partial charge in [-0.25, -0.2) is 0 Å². The lowest BCUT2D eigenvalue weighted by molar-refractivity contribution is -0.123. The predicted molar refractivity (Wildman–Crippen MR) is 59.4 cm³/mol. The molecule has 0 spiro atoms. The van der Waals surface area contributed by atoms with Crippen molar-refractivity contribution in [3.63, 3.8) is 0 Å². The molecule has 1 unspecified atom stereocenters. The Bertz CT molecular complexity index is 225. The lowest BCUT2D eigenvalue weighted by atomic mass is 10.0. The maximum atomic E-state index is 11.6. The Hall–Kier alpha value is -0.610. The van der Waals surface area contributed by atoms with Crippen molar-refractivity contribution < 1.29 is 9.53 Å². The molecule has 0 bridgehead atoms. The highest BCUT2D eigenvalue weighted by atomic mass is 16.5. The summed E-state index contributed by atoms with van der Waals surface area (Å²) in [7, 11) is 1.70. The molecule has 1 aliphatic carbocycles. The van der Waals surface area contributed by atoms with Gasteiger partial charge in [-0.15, -0.1) is 0 Å². The fraction of sp³-hybridized carbons (Fsp3) is 0.909. The van der Waals surface area contributed by atoms with Crippen LogP contribution in [0.3, 0.4) is 0 Å². The molecule has 0 aromatic rings. The summed E-state index contributed by atoms with van der Waals surface area (Å²) in [5.41, 5.74) is 5.94. The average molecular weight is 214 g/mol. The molecule has 1 rings (SSSR count). The van der Waals surface area contributed by atoms with E-state index < -0.39 is 6.04 Å². The third kappa shape index (κ3) is 3.47. The van der Waals surface area contributed by atoms with Crippen LogP contribution in [-0.4, -0.2) is 32.2 Å². The van der Waals surface area contributed by atoms with Crippen LogP contribution in [0.2, 0.25) is 0 Å². The van der Waals surface area contributed by atoms with Crippen molar-refractivity contribution >= 4 is 5.91 Å². The molecular formula is C11H22N2O2. The van der Waals surface area contributed by atoms with Crippen LogP contribution in [0, 0.1) is 11.3 Å². The molecule has 1 aliphatic rings. The molecule has 4 nitrogen and oxygen atoms in total. The van der Waals surface area contributed by atoms with Crippen LogP contribution in [0.5, 0.6) is 0 Å². The Labute approximate surface area is 91.5 Å². The number of amides is 1. The third-order valence-corrected chi connectivity index (χ3v) is 3.07. The van der Waals surface area contributed by atoms with Crippen molar-refractivity contribution in [1.29, 1.82) is 0 Å². The van der Waals surface area contributed by atoms with E-state index in [-0.39, 0.29) is 17.2 Å². The normalized spacial score (nSPS) is 20.1. The van der Waals surface area contributed by atoms with E-state index in [2.05, 4.69) is 5.32 Å². The molecule has 1 amide bonds. The average Bonchev–Trinajstić information content (AvgIpc) is 2.94. The number of ether oxygens (including phenoxy) is 1. The zero-order valence-electron chi connectivity index (χ0n) is 9.88. The molecule has 0 radical (unpaired) electrons. The molecule has 0 aromatic carbocycles. The maximum Gasteiger partial charge on any atom is 0.237 e. The second kappa shape index (κ2) is 4.94. The Kier molecular flexibility index (Phi) is 4.11. The standard InChI is InChI=1S/C11H22N2O2/c1-8(2)9(12)10(14)13-6-11(4-5-11)7-15-3/h8-9H,4-7,12H2,1-3H3,(H,13,14). The van der Waals surface area contributed by atoms with Gasteiger partial charge in [-0.2, -0.15) is 0 Å². The molecule has 0 heterocycles. The van der Waals surface area contributed by atoms with Gasteiger partial charge in [-0.3, -0.25) is 4.79 Å². The smallest absolute Gasteiger partial charge is 0.237 e. The van der Waals surface area contributed by atoms with Gasteiger partial charge in [0.25, 0.3) is 0 Å². The van der Waals surface area contributed by atoms with Crippen LogP contribution < -0.4 is 11.1 Å². The van der Waals surface area contributed by atoms with Crippen LogP contribution in [-0.2, 0) is 9.53 Å². The third-order valence-electron chi connectivity index (χ3n) is 3.07. The van der Waals surface area contributed by atoms with Crippen molar-refractivity contribution in [2.75, 3.05) is 20.3 Å². The number of methoxy groups -OCH3 is 1. The first-order chi connectivity index (χ1) is 7.01. The predicted octanol–water partition coefficient (Wildman–Crippen LogP) is 0.513. The summed E-state index contributed by atoms with van der Waals surface area (Å²) in [5, 5.41) is 2.91. The van der Waals surface area contributed by atoms with Gasteiger partial charge in [0.05, 0.1) is 12.6 Å². The largest absolute Gasteiger partial charge is 0.384 e. The first-order valence-electron chi connectivity index (χ1n) is 5.53. The Morgan fingerprint density at radius 1 is 1.53 bits per heavy atom. The van der Waals surface area contributed by atoms with Crippen molar-refractivity contribution in [3.8, 4) is 0 Å². The quantitative estimate of drug-likeness (QED) is 0.677. The highest BCUT2D eigenvalue weighted by molar-refractivity contribution is 5.81. The van der Waals surface area contributed by atoms with Crippen LogP contribution in [0.1, 0.15) is 26.7 Å². The lowest BCUT2D eigenvalue weighted by Gasteiger charge is -2.19. The molecule has 4 heteroatoms. The molecule has 1 saturated carbocycles. The molecule has 15 heavy (non-hydrogen) atoms. The number of hydrogen-bond donors (Lipinski definition) is 2. The molecule has 0 aliphatic heterocycles. The van der Waals surface area contributed by atoms with Gasteiger partial charge in [-0.05, 0) is 18.8 Å². The molecule has 0 aromatic heterocycles. The summed E-state index contributed by atoms with van der Waals surface area (Å²) >= 11 is 0. The molecule has 3 N–H and O–H groups in total. The molecule has 0 saturated heterocycles. The number of hydrogen-bond acceptors (Lipinski definition) is 3. The molecule has 1 fully saturated rings. The molecule has 88 valence electrons. The van der Waals surface area contributed by atoms with Crippen molar-refractivity contribution in [1.82, 2.24) is 5.32 Å². The Balaban J connectivity index is 2.28. The number of carbonyl (C=O) groups is 1. The fourth-order valence-electron chi connectivity index (χ4n) is 1.55. The van der Waals surface area contributed by atoms with E-state index in [4.69, 9.17) is 10.5 Å². The topological polar surface area (TPSA) is 64.3 Å². The minimum Gasteiger partial charge on any atom is -0.384 e. The Morgan fingerprint density at radius 3 is 2.53 bits per heavy atom. The van der Waals surface area contributed by atoms with Gasteiger partial charge >= 0.3 is 0 Å². The monoisotopic (exact) mass is 214 g/mol. The molecular weight excluding hydrogens is 192 g/mol. The van der Waals surface area contributed by atoms with Gasteiger partial charge in [0, 0.05) is 19.1 Å². The summed E-state index contributed by atoms with van der Waals surface area (Å²) in [6.07, 6.45) is 2.27. The summed E-state index contributed by atoms with van der Waals surface area (Å²) < 4.78 is 5.13. The van der Waals surface area contributed by atoms with E-state index in [0.717, 1.165) is 19.4 Å². The van der Waals surface area contributed by atoms with E-state index in [1.54, 1.807) is 7.11 Å². The zero-order valence-corrected chi connectivity index (χ0v) is 9.88. The van der Waals surface area contributed by atoms with Crippen LogP contribution in [0.15, 0.2) is 0 Å². The van der Waals surface area contributed by atoms with Crippen LogP contribution >= 0.6 is 0 Å². The number of nitrogens with two attached hydrogens (primary N) is 1. The van der Waals surface area contributed by atoms with Gasteiger partial charge < -0.3 is 15.8 Å². The summed E-state index contributed by atoms with van der Waals surface area (Å²) in [4.78, 5) is 11.6. The highest BCUT2D eigenvalue weighted by Gasteiger charge is 2.42. The van der Waals surface area contributed by atoms with Crippen LogP contribution in [0.25, 0.3) is 0 Å². The minimum absolute atomic E-state index is 0.0487. The molecule has 1 atom stereocenters. The van der Waals surface area contributed by atoms with Gasteiger partial charge in [0.2, 0.25) is 5.91 Å². The van der Waals surface area contributed by atoms with Crippen molar-refractivity contribution in [2.45, 2.75) is 32.7 Å². The van der Waals surface area contributed by atoms with Crippen LogP contribution in [0.4, 0.5) is 0 Å². The van der Waals surface area contributed by atoms with E-state index in [9.17, 15) is 4.79 Å². The number of rotatable bonds is 6. The fourth-order valence-corrected chi connectivity index (χ4v) is 1.55. The SMILES string of the molecule is COCC1(CNC(=O)C(N)C(C)C)CC1. The first kappa shape index (κ1) is 12.5. The first-order valence-corrected chi connectivity index (χ1v) is 5.53. The number of carbonyl (C=O) groups excluding carboxylic acids is 1. The summed E-state index contributed by atoms with van der Waals surface area (Å²) in [6.45, 7) is 5.32. The minimum atomic E-state index is -0.400. The van der Waals surface area contributed by atoms with E-state index in [0.29, 0.717) is 6.54 Å². The highest BCUT2D eigenvalue weighted by Crippen LogP contribution is 2.44. The maximum absolute atomic E-state index is 11.6. The summed E-state index contributed by atoms with van der Waals surface area (Å²) in [6, 6.07) is -0.400. The van der Waals surface area contributed by atoms with Crippen molar-refractivity contribution in [3.05, 3.63) is 0 Å². The van der Waals surface area contributed by atoms with Gasteiger partial charge in [0.1, 0.15) is 0 Å². The zero-order chi connectivity index (χ0) is 11.5. The van der Waals surface area contributed by atoms with Gasteiger partial charge in [0.15, 0.2) is 0 Å².